The monoisotopic (exact) mass is 561 g/mol. The molecule has 0 saturated heterocycles. The van der Waals surface area contributed by atoms with E-state index in [0.717, 1.165) is 44.4 Å². The molecular weight excluding hydrogens is 534 g/mol. The van der Waals surface area contributed by atoms with Crippen molar-refractivity contribution in [2.75, 3.05) is 4.90 Å². The highest BCUT2D eigenvalue weighted by Gasteiger charge is 2.18. The maximum absolute atomic E-state index is 6.61. The van der Waals surface area contributed by atoms with Gasteiger partial charge in [0.25, 0.3) is 0 Å². The molecule has 0 saturated carbocycles. The molecule has 0 amide bonds. The lowest BCUT2D eigenvalue weighted by Gasteiger charge is -2.27. The van der Waals surface area contributed by atoms with E-state index in [1.165, 1.54) is 38.1 Å². The zero-order chi connectivity index (χ0) is 29.0. The third-order valence-corrected chi connectivity index (χ3v) is 8.84. The average molecular weight is 562 g/mol. The van der Waals surface area contributed by atoms with Gasteiger partial charge in [-0.3, -0.25) is 0 Å². The number of furan rings is 1. The lowest BCUT2D eigenvalue weighted by Crippen LogP contribution is -2.10. The predicted molar refractivity (Wildman–Crippen MR) is 186 cm³/mol. The first-order valence-corrected chi connectivity index (χ1v) is 15.0. The molecule has 8 aromatic carbocycles. The standard InChI is InChI=1S/C42H27NO/c1-4-14-34-28(9-1)12-7-17-35(34)31-19-22-32(23-20-31)43(40-18-8-13-29-10-2-5-15-36(29)40)33-24-26-38-39-25-21-30-11-3-6-16-37(30)42(39)44-41(38)27-33/h1-27H. The van der Waals surface area contributed by atoms with Crippen LogP contribution in [0.1, 0.15) is 0 Å². The Morgan fingerprint density at radius 2 is 0.977 bits per heavy atom. The van der Waals surface area contributed by atoms with E-state index < -0.39 is 0 Å². The van der Waals surface area contributed by atoms with Gasteiger partial charge >= 0.3 is 0 Å². The summed E-state index contributed by atoms with van der Waals surface area (Å²) in [6, 6.07) is 58.5. The third kappa shape index (κ3) is 3.89. The molecule has 0 unspecified atom stereocenters. The topological polar surface area (TPSA) is 16.4 Å². The number of hydrogen-bond donors (Lipinski definition) is 0. The van der Waals surface area contributed by atoms with Crippen molar-refractivity contribution in [3.8, 4) is 11.1 Å². The van der Waals surface area contributed by atoms with Crippen LogP contribution in [0.5, 0.6) is 0 Å². The Labute approximate surface area is 255 Å². The fourth-order valence-corrected chi connectivity index (χ4v) is 6.73. The summed E-state index contributed by atoms with van der Waals surface area (Å²) in [5.74, 6) is 0. The van der Waals surface area contributed by atoms with Gasteiger partial charge in [-0.25, -0.2) is 0 Å². The largest absolute Gasteiger partial charge is 0.455 e. The van der Waals surface area contributed by atoms with Gasteiger partial charge in [-0.2, -0.15) is 0 Å². The van der Waals surface area contributed by atoms with Crippen LogP contribution < -0.4 is 4.90 Å². The summed E-state index contributed by atoms with van der Waals surface area (Å²) in [6.07, 6.45) is 0. The average Bonchev–Trinajstić information content (AvgIpc) is 3.47. The van der Waals surface area contributed by atoms with Crippen LogP contribution >= 0.6 is 0 Å². The van der Waals surface area contributed by atoms with Crippen LogP contribution in [-0.2, 0) is 0 Å². The quantitative estimate of drug-likeness (QED) is 0.212. The normalized spacial score (nSPS) is 11.6. The second-order valence-electron chi connectivity index (χ2n) is 11.4. The highest BCUT2D eigenvalue weighted by molar-refractivity contribution is 6.15. The summed E-state index contributed by atoms with van der Waals surface area (Å²) in [7, 11) is 0. The van der Waals surface area contributed by atoms with Gasteiger partial charge in [0, 0.05) is 39.0 Å². The molecule has 0 spiro atoms. The van der Waals surface area contributed by atoms with Crippen molar-refractivity contribution < 1.29 is 4.42 Å². The Balaban J connectivity index is 1.24. The minimum atomic E-state index is 0.881. The zero-order valence-corrected chi connectivity index (χ0v) is 23.9. The number of nitrogens with zero attached hydrogens (tertiary/aromatic N) is 1. The van der Waals surface area contributed by atoms with Crippen molar-refractivity contribution in [1.82, 2.24) is 0 Å². The predicted octanol–water partition coefficient (Wildman–Crippen LogP) is 12.2. The Morgan fingerprint density at radius 1 is 0.386 bits per heavy atom. The fourth-order valence-electron chi connectivity index (χ4n) is 6.73. The number of rotatable bonds is 4. The van der Waals surface area contributed by atoms with Crippen molar-refractivity contribution in [1.29, 1.82) is 0 Å². The smallest absolute Gasteiger partial charge is 0.143 e. The minimum Gasteiger partial charge on any atom is -0.455 e. The molecule has 0 N–H and O–H groups in total. The first-order valence-electron chi connectivity index (χ1n) is 15.0. The molecule has 0 atom stereocenters. The summed E-state index contributed by atoms with van der Waals surface area (Å²) in [6.45, 7) is 0. The molecule has 0 bridgehead atoms. The van der Waals surface area contributed by atoms with Crippen molar-refractivity contribution in [2.24, 2.45) is 0 Å². The van der Waals surface area contributed by atoms with Crippen LogP contribution in [0.4, 0.5) is 17.1 Å². The van der Waals surface area contributed by atoms with Crippen molar-refractivity contribution >= 4 is 71.3 Å². The van der Waals surface area contributed by atoms with E-state index in [9.17, 15) is 0 Å². The van der Waals surface area contributed by atoms with E-state index in [4.69, 9.17) is 4.42 Å². The molecule has 1 aromatic heterocycles. The van der Waals surface area contributed by atoms with E-state index >= 15 is 0 Å². The SMILES string of the molecule is c1ccc2c(-c3ccc(N(c4ccc5c(c4)oc4c6ccccc6ccc54)c4cccc5ccccc45)cc3)cccc2c1. The van der Waals surface area contributed by atoms with Crippen molar-refractivity contribution in [2.45, 2.75) is 0 Å². The highest BCUT2D eigenvalue weighted by Crippen LogP contribution is 2.42. The first-order chi connectivity index (χ1) is 21.8. The van der Waals surface area contributed by atoms with Crippen molar-refractivity contribution in [3.63, 3.8) is 0 Å². The number of benzene rings is 8. The van der Waals surface area contributed by atoms with Gasteiger partial charge < -0.3 is 9.32 Å². The van der Waals surface area contributed by atoms with Crippen LogP contribution in [0.3, 0.4) is 0 Å². The zero-order valence-electron chi connectivity index (χ0n) is 23.9. The van der Waals surface area contributed by atoms with Crippen LogP contribution in [-0.4, -0.2) is 0 Å². The number of fused-ring (bicyclic) bond motifs is 7. The van der Waals surface area contributed by atoms with Crippen LogP contribution in [0.2, 0.25) is 0 Å². The Bertz CT molecular complexity index is 2490. The van der Waals surface area contributed by atoms with E-state index in [0.29, 0.717) is 0 Å². The lowest BCUT2D eigenvalue weighted by atomic mass is 9.98. The number of hydrogen-bond acceptors (Lipinski definition) is 2. The molecule has 0 aliphatic heterocycles. The first kappa shape index (κ1) is 24.7. The second-order valence-corrected chi connectivity index (χ2v) is 11.4. The minimum absolute atomic E-state index is 0.881. The molecule has 2 heteroatoms. The van der Waals surface area contributed by atoms with Crippen LogP contribution in [0.15, 0.2) is 168 Å². The van der Waals surface area contributed by atoms with Gasteiger partial charge in [0.15, 0.2) is 0 Å². The molecule has 206 valence electrons. The van der Waals surface area contributed by atoms with E-state index in [1.807, 2.05) is 0 Å². The van der Waals surface area contributed by atoms with Gasteiger partial charge in [0.1, 0.15) is 11.2 Å². The molecule has 0 radical (unpaired) electrons. The van der Waals surface area contributed by atoms with Crippen LogP contribution in [0.25, 0.3) is 65.4 Å². The molecule has 1 heterocycles. The van der Waals surface area contributed by atoms with Gasteiger partial charge in [-0.15, -0.1) is 0 Å². The molecule has 2 nitrogen and oxygen atoms in total. The molecule has 0 fully saturated rings. The maximum Gasteiger partial charge on any atom is 0.143 e. The Morgan fingerprint density at radius 3 is 1.77 bits per heavy atom. The van der Waals surface area contributed by atoms with Gasteiger partial charge in [-0.1, -0.05) is 121 Å². The van der Waals surface area contributed by atoms with Gasteiger partial charge in [0.05, 0.1) is 5.69 Å². The molecular formula is C42H27NO. The summed E-state index contributed by atoms with van der Waals surface area (Å²) in [5, 5.41) is 9.50. The summed E-state index contributed by atoms with van der Waals surface area (Å²) < 4.78 is 6.61. The molecule has 9 aromatic rings. The van der Waals surface area contributed by atoms with E-state index in [1.54, 1.807) is 0 Å². The summed E-state index contributed by atoms with van der Waals surface area (Å²) >= 11 is 0. The third-order valence-electron chi connectivity index (χ3n) is 8.84. The van der Waals surface area contributed by atoms with Crippen LogP contribution in [0, 0.1) is 0 Å². The molecule has 0 aliphatic rings. The van der Waals surface area contributed by atoms with Gasteiger partial charge in [-0.05, 0) is 69.1 Å². The fraction of sp³-hybridized carbons (Fsp3) is 0. The Hall–Kier alpha value is -5.86. The maximum atomic E-state index is 6.61. The Kier molecular flexibility index (Phi) is 5.54. The molecule has 44 heavy (non-hydrogen) atoms. The van der Waals surface area contributed by atoms with E-state index in [-0.39, 0.29) is 0 Å². The second kappa shape index (κ2) is 9.86. The lowest BCUT2D eigenvalue weighted by molar-refractivity contribution is 0.673. The summed E-state index contributed by atoms with van der Waals surface area (Å²) in [5.41, 5.74) is 7.52. The molecule has 9 rings (SSSR count). The van der Waals surface area contributed by atoms with E-state index in [2.05, 4.69) is 169 Å². The van der Waals surface area contributed by atoms with Crippen molar-refractivity contribution in [3.05, 3.63) is 164 Å². The number of anilines is 3. The summed E-state index contributed by atoms with van der Waals surface area (Å²) in [4.78, 5) is 2.35. The molecule has 0 aliphatic carbocycles. The van der Waals surface area contributed by atoms with Gasteiger partial charge in [0.2, 0.25) is 0 Å². The highest BCUT2D eigenvalue weighted by atomic mass is 16.3.